The van der Waals surface area contributed by atoms with Crippen LogP contribution in [-0.4, -0.2) is 8.42 Å². The number of benzene rings is 3. The van der Waals surface area contributed by atoms with Crippen LogP contribution in [0.5, 0.6) is 0 Å². The molecule has 0 saturated heterocycles. The first-order chi connectivity index (χ1) is 14.7. The zero-order valence-electron chi connectivity index (χ0n) is 16.8. The number of hydrogen-bond acceptors (Lipinski definition) is 2. The van der Waals surface area contributed by atoms with E-state index >= 15 is 0 Å². The summed E-state index contributed by atoms with van der Waals surface area (Å²) in [6.45, 7) is 3.00. The van der Waals surface area contributed by atoms with Crippen molar-refractivity contribution in [2.24, 2.45) is 0 Å². The molecule has 0 aliphatic heterocycles. The van der Waals surface area contributed by atoms with E-state index < -0.39 is 39.2 Å². The van der Waals surface area contributed by atoms with Crippen LogP contribution in [0, 0.1) is 13.8 Å². The molecule has 3 rings (SSSR count). The molecule has 170 valence electrons. The molecule has 3 aromatic carbocycles. The van der Waals surface area contributed by atoms with Crippen molar-refractivity contribution in [3.8, 4) is 11.1 Å². The van der Waals surface area contributed by atoms with Crippen molar-refractivity contribution in [3.63, 3.8) is 0 Å². The number of hydrogen-bond donors (Lipinski definition) is 1. The predicted molar refractivity (Wildman–Crippen MR) is 109 cm³/mol. The van der Waals surface area contributed by atoms with Crippen LogP contribution >= 0.6 is 0 Å². The van der Waals surface area contributed by atoms with Crippen LogP contribution in [0.2, 0.25) is 0 Å². The first-order valence-electron chi connectivity index (χ1n) is 9.17. The molecule has 10 heteroatoms. The summed E-state index contributed by atoms with van der Waals surface area (Å²) in [5.41, 5.74) is -1.94. The Labute approximate surface area is 180 Å². The Morgan fingerprint density at radius 3 is 1.59 bits per heavy atom. The Bertz CT molecular complexity index is 1190. The topological polar surface area (TPSA) is 46.2 Å². The Morgan fingerprint density at radius 1 is 0.688 bits per heavy atom. The molecule has 0 radical (unpaired) electrons. The molecule has 0 saturated carbocycles. The zero-order valence-corrected chi connectivity index (χ0v) is 17.6. The van der Waals surface area contributed by atoms with Crippen molar-refractivity contribution in [1.29, 1.82) is 0 Å². The maximum Gasteiger partial charge on any atom is 0.416 e. The van der Waals surface area contributed by atoms with Gasteiger partial charge in [-0.3, -0.25) is 4.72 Å². The van der Waals surface area contributed by atoms with E-state index in [1.165, 1.54) is 13.8 Å². The monoisotopic (exact) mass is 473 g/mol. The number of anilines is 1. The van der Waals surface area contributed by atoms with Gasteiger partial charge in [-0.25, -0.2) is 8.42 Å². The van der Waals surface area contributed by atoms with Gasteiger partial charge in [0.25, 0.3) is 10.0 Å². The number of sulfonamides is 1. The van der Waals surface area contributed by atoms with Gasteiger partial charge < -0.3 is 0 Å². The molecule has 3 nitrogen and oxygen atoms in total. The van der Waals surface area contributed by atoms with Crippen LogP contribution in [0.3, 0.4) is 0 Å². The first-order valence-corrected chi connectivity index (χ1v) is 10.7. The predicted octanol–water partition coefficient (Wildman–Crippen LogP) is 6.81. The van der Waals surface area contributed by atoms with Crippen LogP contribution in [0.25, 0.3) is 11.1 Å². The lowest BCUT2D eigenvalue weighted by atomic mass is 10.0. The van der Waals surface area contributed by atoms with Gasteiger partial charge in [0, 0.05) is 0 Å². The van der Waals surface area contributed by atoms with Gasteiger partial charge in [0.2, 0.25) is 0 Å². The number of rotatable bonds is 4. The van der Waals surface area contributed by atoms with E-state index in [1.54, 1.807) is 24.3 Å². The second-order valence-corrected chi connectivity index (χ2v) is 8.82. The molecule has 3 aromatic rings. The van der Waals surface area contributed by atoms with Crippen LogP contribution in [0.4, 0.5) is 32.0 Å². The van der Waals surface area contributed by atoms with Gasteiger partial charge in [0.05, 0.1) is 21.7 Å². The van der Waals surface area contributed by atoms with Crippen LogP contribution in [-0.2, 0) is 22.4 Å². The van der Waals surface area contributed by atoms with Gasteiger partial charge in [0.1, 0.15) is 0 Å². The highest BCUT2D eigenvalue weighted by atomic mass is 32.2. The normalized spacial score (nSPS) is 12.6. The average Bonchev–Trinajstić information content (AvgIpc) is 2.66. The van der Waals surface area contributed by atoms with E-state index in [0.717, 1.165) is 11.1 Å². The minimum Gasteiger partial charge on any atom is -0.280 e. The van der Waals surface area contributed by atoms with E-state index in [-0.39, 0.29) is 11.0 Å². The number of alkyl halides is 6. The van der Waals surface area contributed by atoms with Gasteiger partial charge in [-0.2, -0.15) is 26.3 Å². The van der Waals surface area contributed by atoms with Crippen LogP contribution in [0.15, 0.2) is 65.6 Å². The molecule has 0 atom stereocenters. The third-order valence-corrected chi connectivity index (χ3v) is 6.36. The SMILES string of the molecule is Cc1cc(-c2ccccc2)cc(C)c1S(=O)(=O)Nc1cc(C(F)(F)F)cc(C(F)(F)F)c1. The maximum absolute atomic E-state index is 13.1. The molecule has 0 aliphatic rings. The molecular formula is C22H17F6NO2S. The van der Waals surface area contributed by atoms with Gasteiger partial charge in [0.15, 0.2) is 0 Å². The first kappa shape index (κ1) is 23.6. The highest BCUT2D eigenvalue weighted by Crippen LogP contribution is 2.38. The largest absolute Gasteiger partial charge is 0.416 e. The van der Waals surface area contributed by atoms with Crippen molar-refractivity contribution in [2.45, 2.75) is 31.1 Å². The van der Waals surface area contributed by atoms with Gasteiger partial charge in [-0.15, -0.1) is 0 Å². The second kappa shape index (κ2) is 8.16. The molecule has 0 bridgehead atoms. The van der Waals surface area contributed by atoms with Crippen molar-refractivity contribution in [1.82, 2.24) is 0 Å². The van der Waals surface area contributed by atoms with Crippen molar-refractivity contribution in [3.05, 3.63) is 82.9 Å². The molecule has 0 spiro atoms. The molecular weight excluding hydrogens is 456 g/mol. The Hall–Kier alpha value is -3.01. The third kappa shape index (κ3) is 5.07. The van der Waals surface area contributed by atoms with E-state index in [9.17, 15) is 34.8 Å². The molecule has 1 N–H and O–H groups in total. The van der Waals surface area contributed by atoms with Crippen molar-refractivity contribution < 1.29 is 34.8 Å². The van der Waals surface area contributed by atoms with Gasteiger partial charge in [-0.05, 0) is 54.3 Å². The minimum atomic E-state index is -5.09. The summed E-state index contributed by atoms with van der Waals surface area (Å²) in [6.07, 6.45) is -10.2. The summed E-state index contributed by atoms with van der Waals surface area (Å²) in [7, 11) is -4.48. The molecule has 0 aromatic heterocycles. The highest BCUT2D eigenvalue weighted by molar-refractivity contribution is 7.92. The summed E-state index contributed by atoms with van der Waals surface area (Å²) in [5, 5.41) is 0. The quantitative estimate of drug-likeness (QED) is 0.423. The highest BCUT2D eigenvalue weighted by Gasteiger charge is 2.37. The lowest BCUT2D eigenvalue weighted by Gasteiger charge is -2.17. The molecule has 0 amide bonds. The summed E-state index contributed by atoms with van der Waals surface area (Å²) >= 11 is 0. The maximum atomic E-state index is 13.1. The molecule has 0 aliphatic carbocycles. The van der Waals surface area contributed by atoms with Crippen LogP contribution < -0.4 is 4.72 Å². The smallest absolute Gasteiger partial charge is 0.280 e. The number of halogens is 6. The average molecular weight is 473 g/mol. The number of aryl methyl sites for hydroxylation is 2. The second-order valence-electron chi connectivity index (χ2n) is 7.21. The zero-order chi connectivity index (χ0) is 23.9. The third-order valence-electron chi connectivity index (χ3n) is 4.68. The molecule has 32 heavy (non-hydrogen) atoms. The fourth-order valence-electron chi connectivity index (χ4n) is 3.39. The lowest BCUT2D eigenvalue weighted by molar-refractivity contribution is -0.143. The Balaban J connectivity index is 2.07. The summed E-state index contributed by atoms with van der Waals surface area (Å²) in [4.78, 5) is -0.219. The summed E-state index contributed by atoms with van der Waals surface area (Å²) in [6, 6.07) is 12.8. The standard InChI is InChI=1S/C22H17F6NO2S/c1-13-8-16(15-6-4-3-5-7-15)9-14(2)20(13)32(30,31)29-19-11-17(21(23,24)25)10-18(12-19)22(26,27)28/h3-12,29H,1-2H3. The number of nitrogens with one attached hydrogen (secondary N) is 1. The lowest BCUT2D eigenvalue weighted by Crippen LogP contribution is -2.18. The molecule has 0 fully saturated rings. The van der Waals surface area contributed by atoms with E-state index in [4.69, 9.17) is 0 Å². The van der Waals surface area contributed by atoms with Crippen LogP contribution in [0.1, 0.15) is 22.3 Å². The molecule has 0 heterocycles. The fraction of sp³-hybridized carbons (Fsp3) is 0.182. The molecule has 0 unspecified atom stereocenters. The van der Waals surface area contributed by atoms with E-state index in [1.807, 2.05) is 22.9 Å². The summed E-state index contributed by atoms with van der Waals surface area (Å²) in [5.74, 6) is 0. The van der Waals surface area contributed by atoms with Crippen molar-refractivity contribution >= 4 is 15.7 Å². The van der Waals surface area contributed by atoms with E-state index in [0.29, 0.717) is 23.3 Å². The fourth-order valence-corrected chi connectivity index (χ4v) is 4.89. The Kier molecular flexibility index (Phi) is 6.03. The van der Waals surface area contributed by atoms with Gasteiger partial charge in [-0.1, -0.05) is 42.5 Å². The van der Waals surface area contributed by atoms with Crippen molar-refractivity contribution in [2.75, 3.05) is 4.72 Å². The Morgan fingerprint density at radius 2 is 1.16 bits per heavy atom. The minimum absolute atomic E-state index is 0.0665. The summed E-state index contributed by atoms with van der Waals surface area (Å²) < 4.78 is 106. The van der Waals surface area contributed by atoms with Gasteiger partial charge >= 0.3 is 12.4 Å². The van der Waals surface area contributed by atoms with E-state index in [2.05, 4.69) is 0 Å².